The lowest BCUT2D eigenvalue weighted by Crippen LogP contribution is -2.03. The van der Waals surface area contributed by atoms with Crippen LogP contribution in [0.4, 0.5) is 0 Å². The van der Waals surface area contributed by atoms with Gasteiger partial charge in [0, 0.05) is 16.8 Å². The molecule has 0 bridgehead atoms. The fourth-order valence-corrected chi connectivity index (χ4v) is 3.39. The van der Waals surface area contributed by atoms with E-state index in [2.05, 4.69) is 11.9 Å². The highest BCUT2D eigenvalue weighted by Gasteiger charge is 2.22. The average Bonchev–Trinajstić information content (AvgIpc) is 2.70. The van der Waals surface area contributed by atoms with E-state index in [1.807, 2.05) is 18.3 Å². The SMILES string of the molecule is Cc1nc(C2CCCC2)sc1C(C)N. The largest absolute Gasteiger partial charge is 0.323 e. The minimum Gasteiger partial charge on any atom is -0.323 e. The van der Waals surface area contributed by atoms with Gasteiger partial charge in [-0.25, -0.2) is 4.98 Å². The summed E-state index contributed by atoms with van der Waals surface area (Å²) in [6.07, 6.45) is 5.39. The van der Waals surface area contributed by atoms with Crippen molar-refractivity contribution in [2.45, 2.75) is 51.5 Å². The van der Waals surface area contributed by atoms with Gasteiger partial charge in [-0.1, -0.05) is 12.8 Å². The highest BCUT2D eigenvalue weighted by molar-refractivity contribution is 7.11. The zero-order valence-electron chi connectivity index (χ0n) is 8.92. The van der Waals surface area contributed by atoms with E-state index in [-0.39, 0.29) is 6.04 Å². The number of nitrogens with zero attached hydrogens (tertiary/aromatic N) is 1. The molecule has 0 saturated heterocycles. The van der Waals surface area contributed by atoms with Crippen LogP contribution in [0.15, 0.2) is 0 Å². The molecule has 0 spiro atoms. The van der Waals surface area contributed by atoms with Crippen LogP contribution in [0.5, 0.6) is 0 Å². The Balaban J connectivity index is 2.22. The maximum Gasteiger partial charge on any atom is 0.0962 e. The summed E-state index contributed by atoms with van der Waals surface area (Å²) in [7, 11) is 0. The topological polar surface area (TPSA) is 38.9 Å². The van der Waals surface area contributed by atoms with Crippen LogP contribution >= 0.6 is 11.3 Å². The van der Waals surface area contributed by atoms with Crippen LogP contribution in [0.3, 0.4) is 0 Å². The van der Waals surface area contributed by atoms with Gasteiger partial charge in [0.05, 0.1) is 10.7 Å². The highest BCUT2D eigenvalue weighted by atomic mass is 32.1. The van der Waals surface area contributed by atoms with E-state index >= 15 is 0 Å². The molecule has 0 amide bonds. The Kier molecular flexibility index (Phi) is 2.88. The van der Waals surface area contributed by atoms with E-state index in [0.717, 1.165) is 11.6 Å². The molecule has 1 aliphatic rings. The molecule has 1 aromatic heterocycles. The molecule has 3 heteroatoms. The summed E-state index contributed by atoms with van der Waals surface area (Å²) in [5.74, 6) is 0.728. The van der Waals surface area contributed by atoms with Crippen molar-refractivity contribution < 1.29 is 0 Å². The van der Waals surface area contributed by atoms with Crippen molar-refractivity contribution in [2.75, 3.05) is 0 Å². The van der Waals surface area contributed by atoms with Crippen LogP contribution in [0.25, 0.3) is 0 Å². The molecule has 78 valence electrons. The standard InChI is InChI=1S/C11H18N2S/c1-7(12)10-8(2)13-11(14-10)9-5-3-4-6-9/h7,9H,3-6,12H2,1-2H3. The summed E-state index contributed by atoms with van der Waals surface area (Å²) in [6.45, 7) is 4.12. The summed E-state index contributed by atoms with van der Waals surface area (Å²) in [4.78, 5) is 5.92. The second kappa shape index (κ2) is 3.99. The first kappa shape index (κ1) is 10.1. The van der Waals surface area contributed by atoms with Crippen molar-refractivity contribution in [2.24, 2.45) is 5.73 Å². The molecular formula is C11H18N2S. The molecule has 2 N–H and O–H groups in total. The smallest absolute Gasteiger partial charge is 0.0962 e. The molecule has 2 nitrogen and oxygen atoms in total. The van der Waals surface area contributed by atoms with E-state index in [1.54, 1.807) is 0 Å². The first-order valence-electron chi connectivity index (χ1n) is 5.41. The molecular weight excluding hydrogens is 192 g/mol. The molecule has 1 aliphatic carbocycles. The molecule has 0 aromatic carbocycles. The van der Waals surface area contributed by atoms with Crippen LogP contribution in [-0.2, 0) is 0 Å². The summed E-state index contributed by atoms with van der Waals surface area (Å²) in [6, 6.07) is 0.141. The first-order valence-corrected chi connectivity index (χ1v) is 6.23. The summed E-state index contributed by atoms with van der Waals surface area (Å²) in [5.41, 5.74) is 7.04. The zero-order valence-corrected chi connectivity index (χ0v) is 9.73. The van der Waals surface area contributed by atoms with Gasteiger partial charge in [-0.05, 0) is 26.7 Å². The van der Waals surface area contributed by atoms with E-state index < -0.39 is 0 Å². The second-order valence-corrected chi connectivity index (χ2v) is 5.33. The van der Waals surface area contributed by atoms with Gasteiger partial charge < -0.3 is 5.73 Å². The highest BCUT2D eigenvalue weighted by Crippen LogP contribution is 2.38. The quantitative estimate of drug-likeness (QED) is 0.814. The van der Waals surface area contributed by atoms with Crippen LogP contribution < -0.4 is 5.73 Å². The third kappa shape index (κ3) is 1.84. The van der Waals surface area contributed by atoms with Crippen molar-refractivity contribution in [3.63, 3.8) is 0 Å². The van der Waals surface area contributed by atoms with Gasteiger partial charge in [0.15, 0.2) is 0 Å². The molecule has 1 atom stereocenters. The van der Waals surface area contributed by atoms with Crippen molar-refractivity contribution >= 4 is 11.3 Å². The molecule has 1 heterocycles. The van der Waals surface area contributed by atoms with E-state index in [4.69, 9.17) is 5.73 Å². The van der Waals surface area contributed by atoms with Crippen molar-refractivity contribution in [3.05, 3.63) is 15.6 Å². The average molecular weight is 210 g/mol. The summed E-state index contributed by atoms with van der Waals surface area (Å²) < 4.78 is 0. The number of hydrogen-bond acceptors (Lipinski definition) is 3. The van der Waals surface area contributed by atoms with Gasteiger partial charge >= 0.3 is 0 Å². The molecule has 1 fully saturated rings. The van der Waals surface area contributed by atoms with E-state index in [9.17, 15) is 0 Å². The second-order valence-electron chi connectivity index (χ2n) is 4.27. The Morgan fingerprint density at radius 1 is 1.43 bits per heavy atom. The third-order valence-electron chi connectivity index (χ3n) is 2.97. The van der Waals surface area contributed by atoms with Crippen LogP contribution in [0, 0.1) is 6.92 Å². The number of rotatable bonds is 2. The predicted octanol–water partition coefficient (Wildman–Crippen LogP) is 3.13. The van der Waals surface area contributed by atoms with Crippen molar-refractivity contribution in [1.29, 1.82) is 0 Å². The summed E-state index contributed by atoms with van der Waals surface area (Å²) in [5, 5.41) is 1.33. The Labute approximate surface area is 89.5 Å². The van der Waals surface area contributed by atoms with Gasteiger partial charge in [-0.3, -0.25) is 0 Å². The zero-order chi connectivity index (χ0) is 10.1. The van der Waals surface area contributed by atoms with Gasteiger partial charge in [0.2, 0.25) is 0 Å². The Morgan fingerprint density at radius 2 is 2.07 bits per heavy atom. The lowest BCUT2D eigenvalue weighted by atomic mass is 10.1. The minimum absolute atomic E-state index is 0.141. The predicted molar refractivity (Wildman–Crippen MR) is 60.7 cm³/mol. The summed E-state index contributed by atoms with van der Waals surface area (Å²) >= 11 is 1.83. The minimum atomic E-state index is 0.141. The fraction of sp³-hybridized carbons (Fsp3) is 0.727. The maximum absolute atomic E-state index is 5.90. The van der Waals surface area contributed by atoms with Gasteiger partial charge in [0.1, 0.15) is 0 Å². The molecule has 1 saturated carbocycles. The lowest BCUT2D eigenvalue weighted by molar-refractivity contribution is 0.713. The molecule has 2 rings (SSSR count). The normalized spacial score (nSPS) is 20.2. The van der Waals surface area contributed by atoms with Crippen molar-refractivity contribution in [1.82, 2.24) is 4.98 Å². The molecule has 1 aromatic rings. The monoisotopic (exact) mass is 210 g/mol. The Bertz CT molecular complexity index is 311. The van der Waals surface area contributed by atoms with E-state index in [1.165, 1.54) is 35.6 Å². The number of nitrogens with two attached hydrogens (primary N) is 1. The van der Waals surface area contributed by atoms with Gasteiger partial charge in [0.25, 0.3) is 0 Å². The van der Waals surface area contributed by atoms with Crippen LogP contribution in [-0.4, -0.2) is 4.98 Å². The van der Waals surface area contributed by atoms with Gasteiger partial charge in [-0.15, -0.1) is 11.3 Å². The van der Waals surface area contributed by atoms with Crippen molar-refractivity contribution in [3.8, 4) is 0 Å². The number of hydrogen-bond donors (Lipinski definition) is 1. The number of thiazole rings is 1. The van der Waals surface area contributed by atoms with Gasteiger partial charge in [-0.2, -0.15) is 0 Å². The van der Waals surface area contributed by atoms with Crippen LogP contribution in [0.1, 0.15) is 60.1 Å². The Hall–Kier alpha value is -0.410. The molecule has 0 aliphatic heterocycles. The van der Waals surface area contributed by atoms with Crippen LogP contribution in [0.2, 0.25) is 0 Å². The third-order valence-corrected chi connectivity index (χ3v) is 4.49. The number of aryl methyl sites for hydroxylation is 1. The van der Waals surface area contributed by atoms with E-state index in [0.29, 0.717) is 0 Å². The fourth-order valence-electron chi connectivity index (χ4n) is 2.20. The molecule has 14 heavy (non-hydrogen) atoms. The number of aromatic nitrogens is 1. The first-order chi connectivity index (χ1) is 6.68. The Morgan fingerprint density at radius 3 is 2.57 bits per heavy atom. The molecule has 0 radical (unpaired) electrons. The maximum atomic E-state index is 5.90. The lowest BCUT2D eigenvalue weighted by Gasteiger charge is -2.03. The molecule has 1 unspecified atom stereocenters.